The van der Waals surface area contributed by atoms with Crippen LogP contribution in [-0.4, -0.2) is 30.3 Å². The molecular formula is C15H18N2O4. The van der Waals surface area contributed by atoms with Crippen molar-refractivity contribution in [2.45, 2.75) is 19.4 Å². The van der Waals surface area contributed by atoms with Gasteiger partial charge in [0, 0.05) is 25.1 Å². The van der Waals surface area contributed by atoms with Gasteiger partial charge in [0.25, 0.3) is 0 Å². The number of terminal acetylenes is 1. The van der Waals surface area contributed by atoms with Crippen molar-refractivity contribution in [1.82, 2.24) is 10.6 Å². The van der Waals surface area contributed by atoms with E-state index in [0.29, 0.717) is 25.3 Å². The molecule has 112 valence electrons. The first-order valence-electron chi connectivity index (χ1n) is 6.51. The highest BCUT2D eigenvalue weighted by atomic mass is 16.5. The standard InChI is InChI=1S/C15H18N2O4/c1-2-10-21-13-7-4-3-6-12(13)11-17-15(20)16-9-5-8-14(18)19/h1,3-4,6-7H,5,8-11H2,(H,18,19)(H2,16,17,20). The Kier molecular flexibility index (Phi) is 7.22. The van der Waals surface area contributed by atoms with E-state index < -0.39 is 5.97 Å². The number of carbonyl (C=O) groups is 2. The Morgan fingerprint density at radius 2 is 2.05 bits per heavy atom. The number of para-hydroxylation sites is 1. The Balaban J connectivity index is 2.35. The number of hydrogen-bond donors (Lipinski definition) is 3. The number of carboxylic acid groups (broad SMARTS) is 1. The molecule has 3 N–H and O–H groups in total. The lowest BCUT2D eigenvalue weighted by molar-refractivity contribution is -0.137. The van der Waals surface area contributed by atoms with Crippen molar-refractivity contribution in [3.63, 3.8) is 0 Å². The highest BCUT2D eigenvalue weighted by molar-refractivity contribution is 5.74. The second kappa shape index (κ2) is 9.26. The van der Waals surface area contributed by atoms with Crippen LogP contribution < -0.4 is 15.4 Å². The fourth-order valence-corrected chi connectivity index (χ4v) is 1.59. The SMILES string of the molecule is C#CCOc1ccccc1CNC(=O)NCCCC(=O)O. The number of carboxylic acids is 1. The number of nitrogens with one attached hydrogen (secondary N) is 2. The number of ether oxygens (including phenoxy) is 1. The first kappa shape index (κ1) is 16.4. The smallest absolute Gasteiger partial charge is 0.315 e. The van der Waals surface area contributed by atoms with E-state index in [1.165, 1.54) is 0 Å². The molecule has 21 heavy (non-hydrogen) atoms. The number of carbonyl (C=O) groups excluding carboxylic acids is 1. The zero-order valence-corrected chi connectivity index (χ0v) is 11.6. The van der Waals surface area contributed by atoms with E-state index in [2.05, 4.69) is 16.6 Å². The number of hydrogen-bond acceptors (Lipinski definition) is 3. The summed E-state index contributed by atoms with van der Waals surface area (Å²) < 4.78 is 5.37. The molecule has 0 heterocycles. The van der Waals surface area contributed by atoms with Crippen molar-refractivity contribution >= 4 is 12.0 Å². The van der Waals surface area contributed by atoms with E-state index in [4.69, 9.17) is 16.3 Å². The summed E-state index contributed by atoms with van der Waals surface area (Å²) in [5, 5.41) is 13.7. The summed E-state index contributed by atoms with van der Waals surface area (Å²) in [7, 11) is 0. The number of urea groups is 1. The molecule has 0 bridgehead atoms. The molecular weight excluding hydrogens is 272 g/mol. The van der Waals surface area contributed by atoms with Crippen molar-refractivity contribution in [3.05, 3.63) is 29.8 Å². The van der Waals surface area contributed by atoms with Gasteiger partial charge in [0.2, 0.25) is 0 Å². The van der Waals surface area contributed by atoms with Gasteiger partial charge in [-0.1, -0.05) is 24.1 Å². The van der Waals surface area contributed by atoms with Gasteiger partial charge in [0.1, 0.15) is 12.4 Å². The third-order valence-electron chi connectivity index (χ3n) is 2.58. The van der Waals surface area contributed by atoms with Crippen LogP contribution in [0.25, 0.3) is 0 Å². The molecule has 1 rings (SSSR count). The van der Waals surface area contributed by atoms with Gasteiger partial charge in [-0.25, -0.2) is 4.79 Å². The largest absolute Gasteiger partial charge is 0.481 e. The van der Waals surface area contributed by atoms with E-state index in [1.54, 1.807) is 6.07 Å². The maximum atomic E-state index is 11.5. The lowest BCUT2D eigenvalue weighted by atomic mass is 10.2. The van der Waals surface area contributed by atoms with Gasteiger partial charge in [0.15, 0.2) is 0 Å². The molecule has 0 aromatic heterocycles. The highest BCUT2D eigenvalue weighted by Gasteiger charge is 2.05. The Labute approximate surface area is 123 Å². The Morgan fingerprint density at radius 3 is 2.76 bits per heavy atom. The van der Waals surface area contributed by atoms with Crippen LogP contribution in [0.5, 0.6) is 5.75 Å². The molecule has 1 aromatic carbocycles. The van der Waals surface area contributed by atoms with Crippen LogP contribution in [0.4, 0.5) is 4.79 Å². The molecule has 0 fully saturated rings. The van der Waals surface area contributed by atoms with Gasteiger partial charge in [-0.3, -0.25) is 4.79 Å². The summed E-state index contributed by atoms with van der Waals surface area (Å²) in [5.41, 5.74) is 0.813. The number of rotatable bonds is 8. The minimum Gasteiger partial charge on any atom is -0.481 e. The van der Waals surface area contributed by atoms with Crippen molar-refractivity contribution in [2.75, 3.05) is 13.2 Å². The van der Waals surface area contributed by atoms with Crippen molar-refractivity contribution in [2.24, 2.45) is 0 Å². The molecule has 0 saturated heterocycles. The van der Waals surface area contributed by atoms with Gasteiger partial charge in [-0.15, -0.1) is 6.42 Å². The molecule has 6 nitrogen and oxygen atoms in total. The van der Waals surface area contributed by atoms with E-state index in [1.807, 2.05) is 18.2 Å². The van der Waals surface area contributed by atoms with Crippen LogP contribution in [0.2, 0.25) is 0 Å². The molecule has 0 aliphatic heterocycles. The molecule has 6 heteroatoms. The van der Waals surface area contributed by atoms with Gasteiger partial charge in [-0.05, 0) is 12.5 Å². The molecule has 2 amide bonds. The van der Waals surface area contributed by atoms with Crippen LogP contribution in [0.15, 0.2) is 24.3 Å². The van der Waals surface area contributed by atoms with Gasteiger partial charge in [-0.2, -0.15) is 0 Å². The quantitative estimate of drug-likeness (QED) is 0.498. The van der Waals surface area contributed by atoms with Crippen LogP contribution in [0.1, 0.15) is 18.4 Å². The summed E-state index contributed by atoms with van der Waals surface area (Å²) in [6, 6.07) is 6.91. The zero-order chi connectivity index (χ0) is 15.5. The van der Waals surface area contributed by atoms with Crippen LogP contribution in [-0.2, 0) is 11.3 Å². The topological polar surface area (TPSA) is 87.7 Å². The molecule has 0 saturated carbocycles. The molecule has 0 aliphatic carbocycles. The van der Waals surface area contributed by atoms with Crippen molar-refractivity contribution in [3.8, 4) is 18.1 Å². The lowest BCUT2D eigenvalue weighted by Gasteiger charge is -2.11. The second-order valence-electron chi connectivity index (χ2n) is 4.21. The van der Waals surface area contributed by atoms with E-state index in [0.717, 1.165) is 5.56 Å². The zero-order valence-electron chi connectivity index (χ0n) is 11.6. The fourth-order valence-electron chi connectivity index (χ4n) is 1.59. The third-order valence-corrected chi connectivity index (χ3v) is 2.58. The highest BCUT2D eigenvalue weighted by Crippen LogP contribution is 2.17. The number of benzene rings is 1. The van der Waals surface area contributed by atoms with Gasteiger partial charge < -0.3 is 20.5 Å². The summed E-state index contributed by atoms with van der Waals surface area (Å²) in [4.78, 5) is 21.9. The van der Waals surface area contributed by atoms with Crippen LogP contribution in [0, 0.1) is 12.3 Å². The number of aliphatic carboxylic acids is 1. The molecule has 0 spiro atoms. The van der Waals surface area contributed by atoms with E-state index in [-0.39, 0.29) is 19.1 Å². The minimum atomic E-state index is -0.878. The first-order chi connectivity index (χ1) is 10.1. The minimum absolute atomic E-state index is 0.0308. The normalized spacial score (nSPS) is 9.48. The predicted octanol–water partition coefficient (Wildman–Crippen LogP) is 1.36. The fraction of sp³-hybridized carbons (Fsp3) is 0.333. The summed E-state index contributed by atoms with van der Waals surface area (Å²) in [6.45, 7) is 0.775. The molecule has 0 aliphatic rings. The Hall–Kier alpha value is -2.68. The van der Waals surface area contributed by atoms with Gasteiger partial charge >= 0.3 is 12.0 Å². The molecule has 0 unspecified atom stereocenters. The lowest BCUT2D eigenvalue weighted by Crippen LogP contribution is -2.35. The van der Waals surface area contributed by atoms with Crippen LogP contribution in [0.3, 0.4) is 0 Å². The maximum Gasteiger partial charge on any atom is 0.315 e. The Morgan fingerprint density at radius 1 is 1.29 bits per heavy atom. The number of amides is 2. The average molecular weight is 290 g/mol. The monoisotopic (exact) mass is 290 g/mol. The molecule has 0 atom stereocenters. The molecule has 1 aromatic rings. The van der Waals surface area contributed by atoms with Gasteiger partial charge in [0.05, 0.1) is 0 Å². The average Bonchev–Trinajstić information content (AvgIpc) is 2.48. The second-order valence-corrected chi connectivity index (χ2v) is 4.21. The first-order valence-corrected chi connectivity index (χ1v) is 6.51. The summed E-state index contributed by atoms with van der Waals surface area (Å²) in [5.74, 6) is 2.13. The third kappa shape index (κ3) is 6.87. The molecule has 0 radical (unpaired) electrons. The van der Waals surface area contributed by atoms with Crippen molar-refractivity contribution in [1.29, 1.82) is 0 Å². The maximum absolute atomic E-state index is 11.5. The Bertz CT molecular complexity index is 523. The van der Waals surface area contributed by atoms with Crippen molar-refractivity contribution < 1.29 is 19.4 Å². The van der Waals surface area contributed by atoms with Crippen LogP contribution >= 0.6 is 0 Å². The van der Waals surface area contributed by atoms with E-state index >= 15 is 0 Å². The summed E-state index contributed by atoms with van der Waals surface area (Å²) in [6.07, 6.45) is 5.57. The predicted molar refractivity (Wildman–Crippen MR) is 77.9 cm³/mol. The van der Waals surface area contributed by atoms with E-state index in [9.17, 15) is 9.59 Å². The summed E-state index contributed by atoms with van der Waals surface area (Å²) >= 11 is 0.